The number of nitrogens with two attached hydrogens (primary N) is 1. The number of rotatable bonds is 2. The fourth-order valence-corrected chi connectivity index (χ4v) is 1.84. The predicted molar refractivity (Wildman–Crippen MR) is 76.1 cm³/mol. The molecule has 1 aromatic carbocycles. The minimum Gasteiger partial charge on any atom is -0.384 e. The van der Waals surface area contributed by atoms with Crippen LogP contribution in [-0.4, -0.2) is 9.78 Å². The Morgan fingerprint density at radius 2 is 1.78 bits per heavy atom. The Balaban J connectivity index is 2.41. The van der Waals surface area contributed by atoms with Gasteiger partial charge in [-0.05, 0) is 24.1 Å². The fraction of sp³-hybridized carbons (Fsp3) is 0.400. The number of hydrogen-bond acceptors (Lipinski definition) is 2. The van der Waals surface area contributed by atoms with Crippen LogP contribution in [0, 0.1) is 0 Å². The minimum absolute atomic E-state index is 0.0166. The average Bonchev–Trinajstić information content (AvgIpc) is 2.71. The Labute approximate surface area is 109 Å². The van der Waals surface area contributed by atoms with Crippen molar-refractivity contribution in [1.82, 2.24) is 9.78 Å². The molecule has 0 aliphatic heterocycles. The molecule has 2 N–H and O–H groups in total. The molecule has 0 radical (unpaired) electrons. The van der Waals surface area contributed by atoms with E-state index in [1.165, 1.54) is 5.56 Å². The number of aromatic nitrogens is 2. The molecule has 0 spiro atoms. The highest BCUT2D eigenvalue weighted by molar-refractivity contribution is 5.44. The Hall–Kier alpha value is -1.77. The fourth-order valence-electron chi connectivity index (χ4n) is 1.84. The van der Waals surface area contributed by atoms with Crippen molar-refractivity contribution < 1.29 is 0 Å². The summed E-state index contributed by atoms with van der Waals surface area (Å²) in [6.45, 7) is 8.56. The monoisotopic (exact) mass is 243 g/mol. The first kappa shape index (κ1) is 12.7. The van der Waals surface area contributed by atoms with E-state index in [1.807, 2.05) is 6.07 Å². The molecular formula is C15H21N3. The lowest BCUT2D eigenvalue weighted by Crippen LogP contribution is -2.12. The van der Waals surface area contributed by atoms with Gasteiger partial charge in [-0.2, -0.15) is 5.10 Å². The third-order valence-electron chi connectivity index (χ3n) is 3.09. The van der Waals surface area contributed by atoms with E-state index in [1.54, 1.807) is 4.68 Å². The summed E-state index contributed by atoms with van der Waals surface area (Å²) in [5.41, 5.74) is 9.41. The topological polar surface area (TPSA) is 43.8 Å². The second-order valence-electron chi connectivity index (χ2n) is 5.64. The number of anilines is 1. The maximum Gasteiger partial charge on any atom is 0.127 e. The maximum atomic E-state index is 6.04. The number of nitrogen functional groups attached to an aromatic ring is 1. The molecule has 0 saturated heterocycles. The normalized spacial score (nSPS) is 11.8. The molecule has 2 aromatic rings. The molecule has 2 rings (SSSR count). The first-order chi connectivity index (χ1) is 8.41. The van der Waals surface area contributed by atoms with Gasteiger partial charge in [-0.3, -0.25) is 0 Å². The highest BCUT2D eigenvalue weighted by Gasteiger charge is 2.19. The van der Waals surface area contributed by atoms with Crippen molar-refractivity contribution in [2.75, 3.05) is 5.73 Å². The molecule has 1 aromatic heterocycles. The lowest BCUT2D eigenvalue weighted by molar-refractivity contribution is 0.560. The van der Waals surface area contributed by atoms with Gasteiger partial charge in [-0.1, -0.05) is 39.8 Å². The molecule has 0 fully saturated rings. The van der Waals surface area contributed by atoms with Gasteiger partial charge in [0, 0.05) is 11.5 Å². The standard InChI is InChI=1S/C15H21N3/c1-5-11-6-8-12(9-7-11)18-14(16)10-13(17-18)15(2,3)4/h6-10H,5,16H2,1-4H3. The number of aryl methyl sites for hydroxylation is 1. The molecule has 0 saturated carbocycles. The molecule has 3 heteroatoms. The molecule has 0 atom stereocenters. The molecule has 0 aliphatic carbocycles. The van der Waals surface area contributed by atoms with Crippen LogP contribution < -0.4 is 5.73 Å². The van der Waals surface area contributed by atoms with Crippen molar-refractivity contribution in [2.24, 2.45) is 0 Å². The van der Waals surface area contributed by atoms with Gasteiger partial charge in [0.05, 0.1) is 11.4 Å². The Morgan fingerprint density at radius 1 is 1.17 bits per heavy atom. The first-order valence-corrected chi connectivity index (χ1v) is 6.37. The van der Waals surface area contributed by atoms with Gasteiger partial charge in [0.15, 0.2) is 0 Å². The van der Waals surface area contributed by atoms with Crippen LogP contribution in [-0.2, 0) is 11.8 Å². The highest BCUT2D eigenvalue weighted by Crippen LogP contribution is 2.24. The van der Waals surface area contributed by atoms with Gasteiger partial charge in [-0.25, -0.2) is 4.68 Å². The third-order valence-corrected chi connectivity index (χ3v) is 3.09. The summed E-state index contributed by atoms with van der Waals surface area (Å²) in [6.07, 6.45) is 1.04. The summed E-state index contributed by atoms with van der Waals surface area (Å²) in [7, 11) is 0. The second kappa shape index (κ2) is 4.48. The Kier molecular flexibility index (Phi) is 3.16. The van der Waals surface area contributed by atoms with E-state index >= 15 is 0 Å². The summed E-state index contributed by atoms with van der Waals surface area (Å²) < 4.78 is 1.81. The highest BCUT2D eigenvalue weighted by atomic mass is 15.3. The van der Waals surface area contributed by atoms with Crippen molar-refractivity contribution in [3.8, 4) is 5.69 Å². The summed E-state index contributed by atoms with van der Waals surface area (Å²) in [5.74, 6) is 0.684. The second-order valence-corrected chi connectivity index (χ2v) is 5.64. The van der Waals surface area contributed by atoms with Crippen LogP contribution in [0.5, 0.6) is 0 Å². The summed E-state index contributed by atoms with van der Waals surface area (Å²) in [4.78, 5) is 0. The lowest BCUT2D eigenvalue weighted by Gasteiger charge is -2.14. The van der Waals surface area contributed by atoms with Crippen LogP contribution in [0.3, 0.4) is 0 Å². The summed E-state index contributed by atoms with van der Waals surface area (Å²) in [5, 5.41) is 4.60. The van der Waals surface area contributed by atoms with Crippen LogP contribution in [0.2, 0.25) is 0 Å². The zero-order valence-corrected chi connectivity index (χ0v) is 11.6. The Morgan fingerprint density at radius 3 is 2.22 bits per heavy atom. The van der Waals surface area contributed by atoms with Gasteiger partial charge in [0.1, 0.15) is 5.82 Å². The largest absolute Gasteiger partial charge is 0.384 e. The summed E-state index contributed by atoms with van der Waals surface area (Å²) >= 11 is 0. The van der Waals surface area contributed by atoms with Gasteiger partial charge >= 0.3 is 0 Å². The van der Waals surface area contributed by atoms with Crippen LogP contribution in [0.25, 0.3) is 5.69 Å². The van der Waals surface area contributed by atoms with Crippen molar-refractivity contribution >= 4 is 5.82 Å². The number of hydrogen-bond donors (Lipinski definition) is 1. The van der Waals surface area contributed by atoms with Crippen molar-refractivity contribution in [1.29, 1.82) is 0 Å². The summed E-state index contributed by atoms with van der Waals surface area (Å²) in [6, 6.07) is 10.3. The average molecular weight is 243 g/mol. The zero-order valence-electron chi connectivity index (χ0n) is 11.6. The van der Waals surface area contributed by atoms with Crippen molar-refractivity contribution in [3.05, 3.63) is 41.6 Å². The number of benzene rings is 1. The maximum absolute atomic E-state index is 6.04. The van der Waals surface area contributed by atoms with Crippen LogP contribution >= 0.6 is 0 Å². The number of nitrogens with zero attached hydrogens (tertiary/aromatic N) is 2. The van der Waals surface area contributed by atoms with E-state index in [0.717, 1.165) is 17.8 Å². The van der Waals surface area contributed by atoms with E-state index in [-0.39, 0.29) is 5.41 Å². The third kappa shape index (κ3) is 2.40. The van der Waals surface area contributed by atoms with Crippen molar-refractivity contribution in [3.63, 3.8) is 0 Å². The van der Waals surface area contributed by atoms with E-state index in [0.29, 0.717) is 5.82 Å². The van der Waals surface area contributed by atoms with E-state index in [4.69, 9.17) is 5.73 Å². The van der Waals surface area contributed by atoms with Crippen LogP contribution in [0.4, 0.5) is 5.82 Å². The van der Waals surface area contributed by atoms with Crippen LogP contribution in [0.15, 0.2) is 30.3 Å². The van der Waals surface area contributed by atoms with E-state index in [2.05, 4.69) is 57.1 Å². The molecule has 18 heavy (non-hydrogen) atoms. The van der Waals surface area contributed by atoms with Gasteiger partial charge in [0.25, 0.3) is 0 Å². The molecule has 0 amide bonds. The Bertz CT molecular complexity index is 530. The van der Waals surface area contributed by atoms with E-state index in [9.17, 15) is 0 Å². The zero-order chi connectivity index (χ0) is 13.3. The molecule has 0 aliphatic rings. The minimum atomic E-state index is 0.0166. The molecule has 0 unspecified atom stereocenters. The van der Waals surface area contributed by atoms with E-state index < -0.39 is 0 Å². The molecule has 96 valence electrons. The van der Waals surface area contributed by atoms with Crippen LogP contribution in [0.1, 0.15) is 39.0 Å². The molecule has 0 bridgehead atoms. The molecular weight excluding hydrogens is 222 g/mol. The molecule has 1 heterocycles. The van der Waals surface area contributed by atoms with Gasteiger partial charge < -0.3 is 5.73 Å². The first-order valence-electron chi connectivity index (χ1n) is 6.37. The van der Waals surface area contributed by atoms with Crippen molar-refractivity contribution in [2.45, 2.75) is 39.5 Å². The van der Waals surface area contributed by atoms with Gasteiger partial charge in [-0.15, -0.1) is 0 Å². The SMILES string of the molecule is CCc1ccc(-n2nc(C(C)(C)C)cc2N)cc1. The quantitative estimate of drug-likeness (QED) is 0.879. The van der Waals surface area contributed by atoms with Gasteiger partial charge in [0.2, 0.25) is 0 Å². The smallest absolute Gasteiger partial charge is 0.127 e. The molecule has 3 nitrogen and oxygen atoms in total. The lowest BCUT2D eigenvalue weighted by atomic mass is 9.92. The predicted octanol–water partition coefficient (Wildman–Crippen LogP) is 3.31.